The van der Waals surface area contributed by atoms with Gasteiger partial charge in [0, 0.05) is 12.3 Å². The normalized spacial score (nSPS) is 58.1. The number of aliphatic hydroxyl groups is 1. The molecule has 7 nitrogen and oxygen atoms in total. The van der Waals surface area contributed by atoms with Gasteiger partial charge in [0.15, 0.2) is 0 Å². The van der Waals surface area contributed by atoms with Gasteiger partial charge in [0.05, 0.1) is 23.4 Å². The number of ether oxygens (including phenoxy) is 4. The van der Waals surface area contributed by atoms with Crippen molar-refractivity contribution < 1.29 is 33.6 Å². The largest absolute Gasteiger partial charge is 0.462 e. The van der Waals surface area contributed by atoms with Gasteiger partial charge in [0.25, 0.3) is 0 Å². The second kappa shape index (κ2) is 5.05. The van der Waals surface area contributed by atoms with Crippen LogP contribution >= 0.6 is 0 Å². The first-order chi connectivity index (χ1) is 12.6. The zero-order chi connectivity index (χ0) is 19.5. The summed E-state index contributed by atoms with van der Waals surface area (Å²) in [7, 11) is 0. The predicted molar refractivity (Wildman–Crippen MR) is 91.5 cm³/mol. The van der Waals surface area contributed by atoms with E-state index in [9.17, 15) is 14.7 Å². The Kier molecular flexibility index (Phi) is 3.34. The van der Waals surface area contributed by atoms with Crippen LogP contribution in [-0.2, 0) is 28.5 Å². The Hall–Kier alpha value is -1.18. The Morgan fingerprint density at radius 3 is 2.70 bits per heavy atom. The SMILES string of the molecule is CCC(C)C(=O)O[C@H]1C[C@@](C)(O)[C@]23O[C@H]2[C@H]2O[C@@]2(C)[C@@H]3[C@H]2OC(=O)[C@@H](C)[C@@H]21. The molecule has 0 aromatic heterocycles. The van der Waals surface area contributed by atoms with Gasteiger partial charge < -0.3 is 24.1 Å². The number of hydrogen-bond donors (Lipinski definition) is 1. The number of epoxide rings is 2. The number of fused-ring (bicyclic) bond motifs is 5. The summed E-state index contributed by atoms with van der Waals surface area (Å²) >= 11 is 0. The topological polar surface area (TPSA) is 97.9 Å². The van der Waals surface area contributed by atoms with Gasteiger partial charge in [-0.25, -0.2) is 0 Å². The Morgan fingerprint density at radius 2 is 2.04 bits per heavy atom. The molecule has 5 rings (SSSR count). The van der Waals surface area contributed by atoms with Crippen LogP contribution in [0.25, 0.3) is 0 Å². The van der Waals surface area contributed by atoms with Crippen molar-refractivity contribution >= 4 is 11.9 Å². The highest BCUT2D eigenvalue weighted by Gasteiger charge is 2.93. The van der Waals surface area contributed by atoms with Gasteiger partial charge in [-0.2, -0.15) is 0 Å². The molecule has 5 aliphatic rings. The summed E-state index contributed by atoms with van der Waals surface area (Å²) in [4.78, 5) is 25.0. The molecular formula is C20H28O7. The van der Waals surface area contributed by atoms with Crippen molar-refractivity contribution in [1.29, 1.82) is 0 Å². The van der Waals surface area contributed by atoms with Crippen LogP contribution < -0.4 is 0 Å². The van der Waals surface area contributed by atoms with E-state index in [-0.39, 0.29) is 48.3 Å². The molecule has 1 N–H and O–H groups in total. The molecule has 27 heavy (non-hydrogen) atoms. The molecule has 3 heterocycles. The van der Waals surface area contributed by atoms with Crippen molar-refractivity contribution in [3.05, 3.63) is 0 Å². The number of carbonyl (C=O) groups excluding carboxylic acids is 2. The summed E-state index contributed by atoms with van der Waals surface area (Å²) in [5.41, 5.74) is -2.45. The first-order valence-electron chi connectivity index (χ1n) is 10.1. The maximum atomic E-state index is 12.5. The smallest absolute Gasteiger partial charge is 0.309 e. The molecule has 3 aliphatic heterocycles. The quantitative estimate of drug-likeness (QED) is 0.580. The van der Waals surface area contributed by atoms with E-state index in [1.54, 1.807) is 6.92 Å². The van der Waals surface area contributed by atoms with Crippen molar-refractivity contribution in [2.45, 2.75) is 88.7 Å². The van der Waals surface area contributed by atoms with Crippen LogP contribution in [0.3, 0.4) is 0 Å². The second-order valence-electron chi connectivity index (χ2n) is 9.56. The summed E-state index contributed by atoms with van der Waals surface area (Å²) < 4.78 is 23.7. The molecule has 0 bridgehead atoms. The lowest BCUT2D eigenvalue weighted by Gasteiger charge is -2.36. The molecule has 1 unspecified atom stereocenters. The summed E-state index contributed by atoms with van der Waals surface area (Å²) in [5, 5.41) is 11.5. The lowest BCUT2D eigenvalue weighted by Crippen LogP contribution is -2.53. The minimum absolute atomic E-state index is 0.0663. The molecule has 3 saturated heterocycles. The highest BCUT2D eigenvalue weighted by Crippen LogP contribution is 2.75. The maximum Gasteiger partial charge on any atom is 0.309 e. The minimum Gasteiger partial charge on any atom is -0.462 e. The first-order valence-corrected chi connectivity index (χ1v) is 10.1. The first kappa shape index (κ1) is 17.9. The van der Waals surface area contributed by atoms with Crippen molar-refractivity contribution in [3.8, 4) is 0 Å². The average Bonchev–Trinajstić information content (AvgIpc) is 3.45. The van der Waals surface area contributed by atoms with Crippen LogP contribution in [0.1, 0.15) is 47.5 Å². The monoisotopic (exact) mass is 380 g/mol. The highest BCUT2D eigenvalue weighted by atomic mass is 16.7. The van der Waals surface area contributed by atoms with Gasteiger partial charge in [0.1, 0.15) is 35.6 Å². The molecular weight excluding hydrogens is 352 g/mol. The molecule has 0 aromatic carbocycles. The van der Waals surface area contributed by atoms with E-state index in [4.69, 9.17) is 18.9 Å². The summed E-state index contributed by atoms with van der Waals surface area (Å²) in [5.74, 6) is -1.80. The fourth-order valence-electron chi connectivity index (χ4n) is 6.15. The number of hydrogen-bond acceptors (Lipinski definition) is 7. The fraction of sp³-hybridized carbons (Fsp3) is 0.900. The van der Waals surface area contributed by atoms with E-state index in [1.807, 2.05) is 27.7 Å². The van der Waals surface area contributed by atoms with Crippen LogP contribution in [0.5, 0.6) is 0 Å². The zero-order valence-corrected chi connectivity index (χ0v) is 16.4. The van der Waals surface area contributed by atoms with Gasteiger partial charge in [-0.1, -0.05) is 20.8 Å². The lowest BCUT2D eigenvalue weighted by molar-refractivity contribution is -0.161. The number of carbonyl (C=O) groups is 2. The van der Waals surface area contributed by atoms with Gasteiger partial charge in [-0.15, -0.1) is 0 Å². The van der Waals surface area contributed by atoms with E-state index >= 15 is 0 Å². The Balaban J connectivity index is 1.55. The third kappa shape index (κ3) is 1.98. The molecule has 5 fully saturated rings. The van der Waals surface area contributed by atoms with E-state index in [0.717, 1.165) is 0 Å². The van der Waals surface area contributed by atoms with E-state index in [1.165, 1.54) is 0 Å². The van der Waals surface area contributed by atoms with Crippen LogP contribution in [0.4, 0.5) is 0 Å². The lowest BCUT2D eigenvalue weighted by atomic mass is 9.73. The Morgan fingerprint density at radius 1 is 1.33 bits per heavy atom. The Labute approximate surface area is 158 Å². The third-order valence-electron chi connectivity index (χ3n) is 7.99. The summed E-state index contributed by atoms with van der Waals surface area (Å²) in [6.45, 7) is 9.34. The van der Waals surface area contributed by atoms with Crippen LogP contribution in [-0.4, -0.2) is 58.3 Å². The predicted octanol–water partition coefficient (Wildman–Crippen LogP) is 1.20. The summed E-state index contributed by atoms with van der Waals surface area (Å²) in [6, 6.07) is 0. The number of esters is 2. The van der Waals surface area contributed by atoms with Gasteiger partial charge in [0.2, 0.25) is 0 Å². The molecule has 11 atom stereocenters. The van der Waals surface area contributed by atoms with E-state index < -0.39 is 34.9 Å². The van der Waals surface area contributed by atoms with Crippen LogP contribution in [0.2, 0.25) is 0 Å². The maximum absolute atomic E-state index is 12.5. The molecule has 2 saturated carbocycles. The fourth-order valence-corrected chi connectivity index (χ4v) is 6.15. The molecule has 0 radical (unpaired) electrons. The van der Waals surface area contributed by atoms with Gasteiger partial charge in [-0.3, -0.25) is 9.59 Å². The minimum atomic E-state index is -1.20. The van der Waals surface area contributed by atoms with Crippen molar-refractivity contribution in [1.82, 2.24) is 0 Å². The van der Waals surface area contributed by atoms with Crippen LogP contribution in [0.15, 0.2) is 0 Å². The standard InChI is InChI=1S/C20H28O7/c1-6-8(2)16(21)24-10-7-18(4,23)20-13(12-11(10)9(3)17(22)25-12)19(5)14(26-19)15(20)27-20/h8-15,23H,6-7H2,1-5H3/t8?,9-,10-,11+,12-,13-,14+,15-,18+,19-,20+/m0/s1. The second-order valence-corrected chi connectivity index (χ2v) is 9.56. The molecule has 7 heteroatoms. The van der Waals surface area contributed by atoms with Crippen molar-refractivity contribution in [2.24, 2.45) is 23.7 Å². The molecule has 150 valence electrons. The molecule has 2 aliphatic carbocycles. The Bertz CT molecular complexity index is 719. The van der Waals surface area contributed by atoms with Gasteiger partial charge >= 0.3 is 11.9 Å². The van der Waals surface area contributed by atoms with E-state index in [0.29, 0.717) is 6.42 Å². The number of rotatable bonds is 3. The molecule has 0 aromatic rings. The van der Waals surface area contributed by atoms with Gasteiger partial charge in [-0.05, 0) is 20.3 Å². The highest BCUT2D eigenvalue weighted by molar-refractivity contribution is 5.76. The molecule has 0 amide bonds. The third-order valence-corrected chi connectivity index (χ3v) is 7.99. The van der Waals surface area contributed by atoms with E-state index in [2.05, 4.69) is 0 Å². The summed E-state index contributed by atoms with van der Waals surface area (Å²) in [6.07, 6.45) is -0.443. The van der Waals surface area contributed by atoms with Crippen molar-refractivity contribution in [2.75, 3.05) is 0 Å². The van der Waals surface area contributed by atoms with Crippen molar-refractivity contribution in [3.63, 3.8) is 0 Å². The van der Waals surface area contributed by atoms with Crippen LogP contribution in [0, 0.1) is 23.7 Å². The average molecular weight is 380 g/mol. The zero-order valence-electron chi connectivity index (χ0n) is 16.4. The molecule has 1 spiro atoms.